The molecule has 1 heterocycles. The molecule has 1 N–H and O–H groups in total. The van der Waals surface area contributed by atoms with Gasteiger partial charge in [0, 0.05) is 17.1 Å². The maximum Gasteiger partial charge on any atom is 0.0456 e. The minimum absolute atomic E-state index is 0.0596. The van der Waals surface area contributed by atoms with Crippen molar-refractivity contribution < 1.29 is 0 Å². The van der Waals surface area contributed by atoms with Crippen molar-refractivity contribution in [3.8, 4) is 0 Å². The number of fused-ring (bicyclic) bond motifs is 2. The first-order valence-electron chi connectivity index (χ1n) is 10.0. The zero-order valence-electron chi connectivity index (χ0n) is 16.8. The molecule has 0 aliphatic carbocycles. The van der Waals surface area contributed by atoms with Crippen LogP contribution in [0.5, 0.6) is 0 Å². The molecule has 0 aliphatic rings. The van der Waals surface area contributed by atoms with Crippen LogP contribution in [-0.4, -0.2) is 4.98 Å². The number of benzene rings is 3. The summed E-state index contributed by atoms with van der Waals surface area (Å²) < 4.78 is 0. The molecule has 4 aromatic rings. The van der Waals surface area contributed by atoms with Gasteiger partial charge in [0.15, 0.2) is 0 Å². The zero-order valence-corrected chi connectivity index (χ0v) is 16.8. The first-order valence-corrected chi connectivity index (χ1v) is 10.0. The Kier molecular flexibility index (Phi) is 4.55. The van der Waals surface area contributed by atoms with Gasteiger partial charge in [0.05, 0.1) is 0 Å². The SMILES string of the molecule is CC(C)Cc1ccc2c(C(C)(C)Cc3c[nH]c4ccccc34)cccc2c1. The Morgan fingerprint density at radius 2 is 1.70 bits per heavy atom. The van der Waals surface area contributed by atoms with E-state index < -0.39 is 0 Å². The Morgan fingerprint density at radius 3 is 2.52 bits per heavy atom. The van der Waals surface area contributed by atoms with Crippen LogP contribution in [0.15, 0.2) is 66.9 Å². The molecule has 4 rings (SSSR count). The highest BCUT2D eigenvalue weighted by Gasteiger charge is 2.24. The summed E-state index contributed by atoms with van der Waals surface area (Å²) in [4.78, 5) is 3.42. The van der Waals surface area contributed by atoms with E-state index in [9.17, 15) is 0 Å². The lowest BCUT2D eigenvalue weighted by molar-refractivity contribution is 0.529. The van der Waals surface area contributed by atoms with E-state index >= 15 is 0 Å². The minimum atomic E-state index is 0.0596. The van der Waals surface area contributed by atoms with Crippen LogP contribution in [0.3, 0.4) is 0 Å². The molecule has 0 bridgehead atoms. The lowest BCUT2D eigenvalue weighted by Gasteiger charge is -2.27. The monoisotopic (exact) mass is 355 g/mol. The molecule has 1 aromatic heterocycles. The number of para-hydroxylation sites is 1. The number of rotatable bonds is 5. The summed E-state index contributed by atoms with van der Waals surface area (Å²) in [7, 11) is 0. The van der Waals surface area contributed by atoms with Crippen molar-refractivity contribution in [1.82, 2.24) is 4.98 Å². The molecule has 0 fully saturated rings. The van der Waals surface area contributed by atoms with Gasteiger partial charge in [-0.3, -0.25) is 0 Å². The van der Waals surface area contributed by atoms with E-state index in [1.807, 2.05) is 0 Å². The number of hydrogen-bond donors (Lipinski definition) is 1. The van der Waals surface area contributed by atoms with Crippen LogP contribution in [0.2, 0.25) is 0 Å². The molecule has 1 nitrogen and oxygen atoms in total. The summed E-state index contributed by atoms with van der Waals surface area (Å²) >= 11 is 0. The predicted octanol–water partition coefficient (Wildman–Crippen LogP) is 7.04. The second-order valence-electron chi connectivity index (χ2n) is 8.88. The van der Waals surface area contributed by atoms with Crippen molar-refractivity contribution in [3.63, 3.8) is 0 Å². The van der Waals surface area contributed by atoms with Gasteiger partial charge < -0.3 is 4.98 Å². The second-order valence-corrected chi connectivity index (χ2v) is 8.88. The summed E-state index contributed by atoms with van der Waals surface area (Å²) in [6.07, 6.45) is 4.33. The first-order chi connectivity index (χ1) is 12.9. The van der Waals surface area contributed by atoms with E-state index in [4.69, 9.17) is 0 Å². The third-order valence-corrected chi connectivity index (χ3v) is 5.63. The van der Waals surface area contributed by atoms with Gasteiger partial charge >= 0.3 is 0 Å². The molecule has 1 heteroatoms. The average Bonchev–Trinajstić information content (AvgIpc) is 3.03. The molecular formula is C26H29N. The first kappa shape index (κ1) is 17.9. The van der Waals surface area contributed by atoms with Crippen LogP contribution in [0.4, 0.5) is 0 Å². The van der Waals surface area contributed by atoms with Crippen LogP contribution in [0, 0.1) is 5.92 Å². The van der Waals surface area contributed by atoms with Crippen molar-refractivity contribution in [2.45, 2.75) is 46.0 Å². The van der Waals surface area contributed by atoms with E-state index in [1.165, 1.54) is 38.4 Å². The summed E-state index contributed by atoms with van der Waals surface area (Å²) in [6.45, 7) is 9.30. The largest absolute Gasteiger partial charge is 0.361 e. The predicted molar refractivity (Wildman–Crippen MR) is 118 cm³/mol. The van der Waals surface area contributed by atoms with E-state index in [0.29, 0.717) is 5.92 Å². The summed E-state index contributed by atoms with van der Waals surface area (Å²) in [5.41, 5.74) is 5.54. The van der Waals surface area contributed by atoms with Crippen molar-refractivity contribution in [2.24, 2.45) is 5.92 Å². The minimum Gasteiger partial charge on any atom is -0.361 e. The molecule has 0 radical (unpaired) electrons. The smallest absolute Gasteiger partial charge is 0.0456 e. The Bertz CT molecular complexity index is 1080. The zero-order chi connectivity index (χ0) is 19.0. The topological polar surface area (TPSA) is 15.8 Å². The molecule has 0 amide bonds. The van der Waals surface area contributed by atoms with Crippen LogP contribution >= 0.6 is 0 Å². The number of aromatic amines is 1. The fraction of sp³-hybridized carbons (Fsp3) is 0.308. The third kappa shape index (κ3) is 3.51. The van der Waals surface area contributed by atoms with Gasteiger partial charge in [-0.1, -0.05) is 82.3 Å². The van der Waals surface area contributed by atoms with Crippen molar-refractivity contribution in [2.75, 3.05) is 0 Å². The van der Waals surface area contributed by atoms with Crippen LogP contribution in [0.25, 0.3) is 21.7 Å². The highest BCUT2D eigenvalue weighted by Crippen LogP contribution is 2.35. The molecule has 0 unspecified atom stereocenters. The second kappa shape index (κ2) is 6.88. The van der Waals surface area contributed by atoms with Crippen molar-refractivity contribution >= 4 is 21.7 Å². The molecule has 0 spiro atoms. The quantitative estimate of drug-likeness (QED) is 0.395. The molecule has 0 saturated carbocycles. The Labute approximate surface area is 162 Å². The normalized spacial score (nSPS) is 12.3. The maximum absolute atomic E-state index is 3.42. The lowest BCUT2D eigenvalue weighted by Crippen LogP contribution is -2.20. The molecule has 138 valence electrons. The number of aromatic nitrogens is 1. The van der Waals surface area contributed by atoms with Gasteiger partial charge in [-0.15, -0.1) is 0 Å². The number of hydrogen-bond acceptors (Lipinski definition) is 0. The van der Waals surface area contributed by atoms with Gasteiger partial charge in [0.25, 0.3) is 0 Å². The Hall–Kier alpha value is -2.54. The average molecular weight is 356 g/mol. The lowest BCUT2D eigenvalue weighted by atomic mass is 9.77. The highest BCUT2D eigenvalue weighted by atomic mass is 14.7. The van der Waals surface area contributed by atoms with Gasteiger partial charge in [0.1, 0.15) is 0 Å². The molecular weight excluding hydrogens is 326 g/mol. The van der Waals surface area contributed by atoms with E-state index in [0.717, 1.165) is 12.8 Å². The highest BCUT2D eigenvalue weighted by molar-refractivity contribution is 5.88. The Morgan fingerprint density at radius 1 is 0.889 bits per heavy atom. The Balaban J connectivity index is 1.73. The number of nitrogens with one attached hydrogen (secondary N) is 1. The molecule has 3 aromatic carbocycles. The van der Waals surface area contributed by atoms with E-state index in [2.05, 4.69) is 99.5 Å². The number of H-pyrrole nitrogens is 1. The third-order valence-electron chi connectivity index (χ3n) is 5.63. The van der Waals surface area contributed by atoms with Crippen LogP contribution < -0.4 is 0 Å². The molecule has 0 saturated heterocycles. The fourth-order valence-electron chi connectivity index (χ4n) is 4.37. The summed E-state index contributed by atoms with van der Waals surface area (Å²) in [5, 5.41) is 4.08. The summed E-state index contributed by atoms with van der Waals surface area (Å²) in [5.74, 6) is 0.684. The summed E-state index contributed by atoms with van der Waals surface area (Å²) in [6, 6.07) is 22.4. The van der Waals surface area contributed by atoms with Crippen molar-refractivity contribution in [3.05, 3.63) is 83.6 Å². The van der Waals surface area contributed by atoms with Gasteiger partial charge in [-0.05, 0) is 57.7 Å². The van der Waals surface area contributed by atoms with Crippen LogP contribution in [-0.2, 0) is 18.3 Å². The van der Waals surface area contributed by atoms with Gasteiger partial charge in [0.2, 0.25) is 0 Å². The van der Waals surface area contributed by atoms with Crippen molar-refractivity contribution in [1.29, 1.82) is 0 Å². The van der Waals surface area contributed by atoms with Gasteiger partial charge in [-0.25, -0.2) is 0 Å². The van der Waals surface area contributed by atoms with E-state index in [1.54, 1.807) is 0 Å². The van der Waals surface area contributed by atoms with Gasteiger partial charge in [-0.2, -0.15) is 0 Å². The molecule has 27 heavy (non-hydrogen) atoms. The van der Waals surface area contributed by atoms with E-state index in [-0.39, 0.29) is 5.41 Å². The molecule has 0 atom stereocenters. The maximum atomic E-state index is 3.42. The van der Waals surface area contributed by atoms with Crippen LogP contribution in [0.1, 0.15) is 44.4 Å². The standard InChI is InChI=1S/C26H29N/c1-18(2)14-19-12-13-22-20(15-19)8-7-10-24(22)26(3,4)16-21-17-27-25-11-6-5-9-23(21)25/h5-13,15,17-18,27H,14,16H2,1-4H3. The fourth-order valence-corrected chi connectivity index (χ4v) is 4.37. The molecule has 0 aliphatic heterocycles.